The van der Waals surface area contributed by atoms with E-state index in [0.29, 0.717) is 19.3 Å². The molecule has 0 bridgehead atoms. The molecule has 0 radical (unpaired) electrons. The number of carbonyl (C=O) groups excluding carboxylic acids is 3. The molecule has 0 aromatic carbocycles. The summed E-state index contributed by atoms with van der Waals surface area (Å²) in [6.45, 7) is 6.66. The Morgan fingerprint density at radius 2 is 0.430 bits per heavy atom. The minimum atomic E-state index is -0.774. The number of rotatable bonds is 67. The lowest BCUT2D eigenvalue weighted by Gasteiger charge is -2.18. The van der Waals surface area contributed by atoms with Crippen molar-refractivity contribution in [3.63, 3.8) is 0 Å². The standard InChI is InChI=1S/C73H138O6/c1-4-7-10-13-16-19-22-24-26-28-30-31-32-33-34-35-36-37-38-39-40-41-42-43-45-46-48-51-54-57-60-63-66-72(75)78-69-70(68-77-71(74)65-62-59-56-53-50-21-18-15-12-9-6-3)79-73(76)67-64-61-58-55-52-49-47-44-29-27-25-23-20-17-14-11-8-5-2/h15,18,27,29,70H,4-14,16-17,19-26,28,30-69H2,1-3H3/b18-15-,29-27-. The Labute approximate surface area is 493 Å². The van der Waals surface area contributed by atoms with Crippen molar-refractivity contribution < 1.29 is 28.6 Å². The second kappa shape index (κ2) is 68.4. The van der Waals surface area contributed by atoms with Gasteiger partial charge in [-0.25, -0.2) is 0 Å². The lowest BCUT2D eigenvalue weighted by Crippen LogP contribution is -2.30. The van der Waals surface area contributed by atoms with Crippen LogP contribution in [0, 0.1) is 0 Å². The van der Waals surface area contributed by atoms with Crippen molar-refractivity contribution in [1.29, 1.82) is 0 Å². The van der Waals surface area contributed by atoms with Crippen LogP contribution in [-0.4, -0.2) is 37.2 Å². The van der Waals surface area contributed by atoms with E-state index in [4.69, 9.17) is 14.2 Å². The van der Waals surface area contributed by atoms with Crippen molar-refractivity contribution in [2.24, 2.45) is 0 Å². The molecule has 0 aliphatic rings. The van der Waals surface area contributed by atoms with E-state index >= 15 is 0 Å². The van der Waals surface area contributed by atoms with Crippen LogP contribution in [0.4, 0.5) is 0 Å². The fraction of sp³-hybridized carbons (Fsp3) is 0.904. The number of allylic oxidation sites excluding steroid dienone is 4. The average Bonchev–Trinajstić information content (AvgIpc) is 3.45. The van der Waals surface area contributed by atoms with Crippen LogP contribution in [0.1, 0.15) is 406 Å². The molecule has 1 unspecified atom stereocenters. The molecule has 0 N–H and O–H groups in total. The van der Waals surface area contributed by atoms with E-state index in [0.717, 1.165) is 64.2 Å². The number of carbonyl (C=O) groups is 3. The van der Waals surface area contributed by atoms with Crippen LogP contribution in [0.25, 0.3) is 0 Å². The zero-order chi connectivity index (χ0) is 57.1. The van der Waals surface area contributed by atoms with E-state index in [1.165, 1.54) is 302 Å². The number of esters is 3. The van der Waals surface area contributed by atoms with Gasteiger partial charge in [0.2, 0.25) is 0 Å². The largest absolute Gasteiger partial charge is 0.462 e. The molecule has 1 atom stereocenters. The van der Waals surface area contributed by atoms with E-state index in [1.54, 1.807) is 0 Å². The van der Waals surface area contributed by atoms with Gasteiger partial charge in [0.1, 0.15) is 13.2 Å². The predicted molar refractivity (Wildman–Crippen MR) is 344 cm³/mol. The highest BCUT2D eigenvalue weighted by atomic mass is 16.6. The van der Waals surface area contributed by atoms with Crippen molar-refractivity contribution >= 4 is 17.9 Å². The first-order chi connectivity index (χ1) is 39.0. The van der Waals surface area contributed by atoms with Gasteiger partial charge < -0.3 is 14.2 Å². The monoisotopic (exact) mass is 1110 g/mol. The molecule has 0 aromatic heterocycles. The number of ether oxygens (including phenoxy) is 3. The third kappa shape index (κ3) is 66.6. The van der Waals surface area contributed by atoms with Crippen LogP contribution in [0.2, 0.25) is 0 Å². The number of unbranched alkanes of at least 4 members (excludes halogenated alkanes) is 52. The summed E-state index contributed by atoms with van der Waals surface area (Å²) >= 11 is 0. The van der Waals surface area contributed by atoms with Gasteiger partial charge in [0.05, 0.1) is 0 Å². The van der Waals surface area contributed by atoms with E-state index in [2.05, 4.69) is 45.1 Å². The fourth-order valence-corrected chi connectivity index (χ4v) is 11.0. The molecule has 0 aromatic rings. The van der Waals surface area contributed by atoms with Crippen molar-refractivity contribution in [2.45, 2.75) is 412 Å². The molecule has 0 aliphatic heterocycles. The van der Waals surface area contributed by atoms with Gasteiger partial charge in [-0.1, -0.05) is 347 Å². The summed E-state index contributed by atoms with van der Waals surface area (Å²) in [6, 6.07) is 0. The second-order valence-electron chi connectivity index (χ2n) is 24.5. The van der Waals surface area contributed by atoms with E-state index < -0.39 is 6.10 Å². The van der Waals surface area contributed by atoms with Crippen molar-refractivity contribution in [3.8, 4) is 0 Å². The molecule has 0 aliphatic carbocycles. The maximum absolute atomic E-state index is 12.9. The molecule has 0 heterocycles. The fourth-order valence-electron chi connectivity index (χ4n) is 11.0. The van der Waals surface area contributed by atoms with Crippen molar-refractivity contribution in [3.05, 3.63) is 24.3 Å². The summed E-state index contributed by atoms with van der Waals surface area (Å²) in [6.07, 6.45) is 83.8. The van der Waals surface area contributed by atoms with E-state index in [1.807, 2.05) is 0 Å². The maximum atomic E-state index is 12.9. The van der Waals surface area contributed by atoms with Gasteiger partial charge in [-0.05, 0) is 64.2 Å². The van der Waals surface area contributed by atoms with Gasteiger partial charge in [0.25, 0.3) is 0 Å². The molecular formula is C73H138O6. The molecular weight excluding hydrogens is 973 g/mol. The summed E-state index contributed by atoms with van der Waals surface area (Å²) < 4.78 is 16.9. The molecule has 0 spiro atoms. The Balaban J connectivity index is 4.07. The lowest BCUT2D eigenvalue weighted by molar-refractivity contribution is -0.167. The van der Waals surface area contributed by atoms with Crippen molar-refractivity contribution in [2.75, 3.05) is 13.2 Å². The molecule has 6 nitrogen and oxygen atoms in total. The van der Waals surface area contributed by atoms with Crippen molar-refractivity contribution in [1.82, 2.24) is 0 Å². The van der Waals surface area contributed by atoms with Gasteiger partial charge >= 0.3 is 17.9 Å². The second-order valence-corrected chi connectivity index (χ2v) is 24.5. The number of hydrogen-bond donors (Lipinski definition) is 0. The third-order valence-electron chi connectivity index (χ3n) is 16.4. The highest BCUT2D eigenvalue weighted by molar-refractivity contribution is 5.71. The summed E-state index contributed by atoms with van der Waals surface area (Å²) in [4.78, 5) is 38.3. The Kier molecular flexibility index (Phi) is 66.6. The first kappa shape index (κ1) is 76.9. The molecule has 0 amide bonds. The van der Waals surface area contributed by atoms with Crippen LogP contribution in [0.5, 0.6) is 0 Å². The highest BCUT2D eigenvalue weighted by Crippen LogP contribution is 2.19. The van der Waals surface area contributed by atoms with Crippen LogP contribution in [-0.2, 0) is 28.6 Å². The zero-order valence-corrected chi connectivity index (χ0v) is 53.7. The Hall–Kier alpha value is -2.11. The zero-order valence-electron chi connectivity index (χ0n) is 53.7. The molecule has 0 saturated heterocycles. The first-order valence-corrected chi connectivity index (χ1v) is 35.8. The van der Waals surface area contributed by atoms with Gasteiger partial charge in [0, 0.05) is 19.3 Å². The summed E-state index contributed by atoms with van der Waals surface area (Å²) in [5.74, 6) is -0.858. The Morgan fingerprint density at radius 3 is 0.671 bits per heavy atom. The van der Waals surface area contributed by atoms with Gasteiger partial charge in [0.15, 0.2) is 6.10 Å². The smallest absolute Gasteiger partial charge is 0.306 e. The SMILES string of the molecule is CCCC/C=C\CCCCCCCC(=O)OCC(COC(=O)CCCCCCCCCCCCCCCCCCCCCCCCCCCCCCCCCC)OC(=O)CCCCCCCCC/C=C\CCCCCCCCC. The van der Waals surface area contributed by atoms with Crippen LogP contribution in [0.15, 0.2) is 24.3 Å². The normalized spacial score (nSPS) is 12.1. The number of hydrogen-bond acceptors (Lipinski definition) is 6. The average molecular weight is 1110 g/mol. The van der Waals surface area contributed by atoms with E-state index in [9.17, 15) is 14.4 Å². The molecule has 0 saturated carbocycles. The first-order valence-electron chi connectivity index (χ1n) is 35.8. The van der Waals surface area contributed by atoms with Crippen LogP contribution in [0.3, 0.4) is 0 Å². The Morgan fingerprint density at radius 1 is 0.241 bits per heavy atom. The van der Waals surface area contributed by atoms with Crippen LogP contribution >= 0.6 is 0 Å². The third-order valence-corrected chi connectivity index (χ3v) is 16.4. The summed E-state index contributed by atoms with van der Waals surface area (Å²) in [7, 11) is 0. The topological polar surface area (TPSA) is 78.9 Å². The van der Waals surface area contributed by atoms with Gasteiger partial charge in [-0.3, -0.25) is 14.4 Å². The molecule has 466 valence electrons. The minimum Gasteiger partial charge on any atom is -0.462 e. The van der Waals surface area contributed by atoms with Crippen LogP contribution < -0.4 is 0 Å². The molecule has 6 heteroatoms. The summed E-state index contributed by atoms with van der Waals surface area (Å²) in [5.41, 5.74) is 0. The predicted octanol–water partition coefficient (Wildman–Crippen LogP) is 24.6. The maximum Gasteiger partial charge on any atom is 0.306 e. The van der Waals surface area contributed by atoms with E-state index in [-0.39, 0.29) is 31.1 Å². The lowest BCUT2D eigenvalue weighted by atomic mass is 10.0. The highest BCUT2D eigenvalue weighted by Gasteiger charge is 2.19. The molecule has 0 fully saturated rings. The summed E-state index contributed by atoms with van der Waals surface area (Å²) in [5, 5.41) is 0. The quantitative estimate of drug-likeness (QED) is 0.0261. The molecule has 79 heavy (non-hydrogen) atoms. The van der Waals surface area contributed by atoms with Gasteiger partial charge in [-0.2, -0.15) is 0 Å². The Bertz CT molecular complexity index is 1270. The molecule has 0 rings (SSSR count). The van der Waals surface area contributed by atoms with Gasteiger partial charge in [-0.15, -0.1) is 0 Å². The minimum absolute atomic E-state index is 0.0707.